The van der Waals surface area contributed by atoms with Crippen LogP contribution in [0.1, 0.15) is 45.2 Å². The minimum Gasteiger partial charge on any atom is -0.350 e. The van der Waals surface area contributed by atoms with Crippen LogP contribution in [0.3, 0.4) is 0 Å². The molecule has 1 atom stereocenters. The van der Waals surface area contributed by atoms with Gasteiger partial charge in [0.05, 0.1) is 5.54 Å². The molecule has 0 aliphatic rings. The summed E-state index contributed by atoms with van der Waals surface area (Å²) in [6.45, 7) is 11.5. The van der Waals surface area contributed by atoms with Crippen molar-refractivity contribution in [2.24, 2.45) is 5.73 Å². The monoisotopic (exact) mass is 291 g/mol. The zero-order chi connectivity index (χ0) is 15.9. The average Bonchev–Trinajstić information content (AvgIpc) is 2.50. The smallest absolute Gasteiger partial charge is 0.240 e. The SMILES string of the molecule is CCN(CC)Cc1ccccc1CNC(=O)C(C)(N)CC. The molecule has 1 unspecified atom stereocenters. The van der Waals surface area contributed by atoms with Crippen LogP contribution in [-0.4, -0.2) is 29.4 Å². The zero-order valence-electron chi connectivity index (χ0n) is 13.8. The molecule has 0 aliphatic carbocycles. The van der Waals surface area contributed by atoms with E-state index in [2.05, 4.69) is 36.2 Å². The van der Waals surface area contributed by atoms with Gasteiger partial charge in [0.2, 0.25) is 5.91 Å². The number of carbonyl (C=O) groups excluding carboxylic acids is 1. The molecule has 0 spiro atoms. The van der Waals surface area contributed by atoms with E-state index in [9.17, 15) is 4.79 Å². The molecule has 0 aliphatic heterocycles. The van der Waals surface area contributed by atoms with Crippen LogP contribution in [-0.2, 0) is 17.9 Å². The van der Waals surface area contributed by atoms with E-state index in [-0.39, 0.29) is 5.91 Å². The molecule has 1 rings (SSSR count). The first-order valence-corrected chi connectivity index (χ1v) is 7.80. The molecule has 0 heterocycles. The molecule has 0 bridgehead atoms. The van der Waals surface area contributed by atoms with Gasteiger partial charge in [-0.05, 0) is 37.6 Å². The van der Waals surface area contributed by atoms with Crippen LogP contribution in [0.2, 0.25) is 0 Å². The normalized spacial score (nSPS) is 14.0. The molecule has 0 aromatic heterocycles. The molecule has 1 amide bonds. The maximum Gasteiger partial charge on any atom is 0.240 e. The second-order valence-electron chi connectivity index (χ2n) is 5.68. The van der Waals surface area contributed by atoms with Gasteiger partial charge in [-0.2, -0.15) is 0 Å². The van der Waals surface area contributed by atoms with Crippen molar-refractivity contribution in [3.63, 3.8) is 0 Å². The summed E-state index contributed by atoms with van der Waals surface area (Å²) in [6.07, 6.45) is 0.625. The number of rotatable bonds is 8. The van der Waals surface area contributed by atoms with E-state index in [0.29, 0.717) is 13.0 Å². The molecule has 0 fully saturated rings. The number of nitrogens with zero attached hydrogens (tertiary/aromatic N) is 1. The van der Waals surface area contributed by atoms with Crippen molar-refractivity contribution in [2.45, 2.75) is 52.7 Å². The summed E-state index contributed by atoms with van der Waals surface area (Å²) in [4.78, 5) is 14.4. The van der Waals surface area contributed by atoms with Gasteiger partial charge < -0.3 is 11.1 Å². The maximum absolute atomic E-state index is 12.1. The van der Waals surface area contributed by atoms with Gasteiger partial charge in [-0.15, -0.1) is 0 Å². The molecular formula is C17H29N3O. The summed E-state index contributed by atoms with van der Waals surface area (Å²) in [5, 5.41) is 2.96. The summed E-state index contributed by atoms with van der Waals surface area (Å²) < 4.78 is 0. The van der Waals surface area contributed by atoms with Gasteiger partial charge in [0.1, 0.15) is 0 Å². The number of benzene rings is 1. The predicted octanol–water partition coefficient (Wildman–Crippen LogP) is 2.27. The number of nitrogens with two attached hydrogens (primary N) is 1. The molecule has 0 saturated carbocycles. The van der Waals surface area contributed by atoms with Crippen LogP contribution < -0.4 is 11.1 Å². The fourth-order valence-corrected chi connectivity index (χ4v) is 2.11. The third-order valence-electron chi connectivity index (χ3n) is 4.10. The van der Waals surface area contributed by atoms with E-state index in [1.165, 1.54) is 5.56 Å². The Morgan fingerprint density at radius 3 is 2.29 bits per heavy atom. The first-order valence-electron chi connectivity index (χ1n) is 7.80. The Balaban J connectivity index is 2.73. The molecule has 3 N–H and O–H groups in total. The standard InChI is InChI=1S/C17H29N3O/c1-5-17(4,18)16(21)19-12-14-10-8-9-11-15(14)13-20(6-2)7-3/h8-11H,5-7,12-13,18H2,1-4H3,(H,19,21). The minimum absolute atomic E-state index is 0.0948. The molecule has 1 aromatic carbocycles. The third-order valence-corrected chi connectivity index (χ3v) is 4.10. The summed E-state index contributed by atoms with van der Waals surface area (Å²) in [5.74, 6) is -0.0948. The van der Waals surface area contributed by atoms with E-state index in [4.69, 9.17) is 5.73 Å². The van der Waals surface area contributed by atoms with Crippen LogP contribution in [0.5, 0.6) is 0 Å². The van der Waals surface area contributed by atoms with Crippen LogP contribution in [0.4, 0.5) is 0 Å². The van der Waals surface area contributed by atoms with Crippen molar-refractivity contribution in [1.29, 1.82) is 0 Å². The Morgan fingerprint density at radius 1 is 1.19 bits per heavy atom. The second-order valence-corrected chi connectivity index (χ2v) is 5.68. The Labute approximate surface area is 128 Å². The van der Waals surface area contributed by atoms with E-state index < -0.39 is 5.54 Å². The number of hydrogen-bond donors (Lipinski definition) is 2. The highest BCUT2D eigenvalue weighted by molar-refractivity contribution is 5.85. The fraction of sp³-hybridized carbons (Fsp3) is 0.588. The van der Waals surface area contributed by atoms with E-state index in [0.717, 1.165) is 25.2 Å². The van der Waals surface area contributed by atoms with Crippen molar-refractivity contribution in [3.8, 4) is 0 Å². The topological polar surface area (TPSA) is 58.4 Å². The lowest BCUT2D eigenvalue weighted by atomic mass is 9.99. The van der Waals surface area contributed by atoms with Crippen molar-refractivity contribution in [2.75, 3.05) is 13.1 Å². The predicted molar refractivity (Wildman–Crippen MR) is 87.8 cm³/mol. The third kappa shape index (κ3) is 5.14. The number of carbonyl (C=O) groups is 1. The number of nitrogens with one attached hydrogen (secondary N) is 1. The highest BCUT2D eigenvalue weighted by Crippen LogP contribution is 2.12. The molecule has 0 radical (unpaired) electrons. The van der Waals surface area contributed by atoms with Crippen LogP contribution >= 0.6 is 0 Å². The second kappa shape index (κ2) is 8.15. The zero-order valence-corrected chi connectivity index (χ0v) is 13.8. The number of amides is 1. The van der Waals surface area contributed by atoms with E-state index in [1.54, 1.807) is 6.92 Å². The lowest BCUT2D eigenvalue weighted by Crippen LogP contribution is -2.50. The summed E-state index contributed by atoms with van der Waals surface area (Å²) in [7, 11) is 0. The molecule has 21 heavy (non-hydrogen) atoms. The van der Waals surface area contributed by atoms with Crippen molar-refractivity contribution < 1.29 is 4.79 Å². The summed E-state index contributed by atoms with van der Waals surface area (Å²) in [5.41, 5.74) is 7.59. The Hall–Kier alpha value is -1.39. The summed E-state index contributed by atoms with van der Waals surface area (Å²) in [6, 6.07) is 8.25. The van der Waals surface area contributed by atoms with Gasteiger partial charge in [-0.1, -0.05) is 45.0 Å². The molecule has 0 saturated heterocycles. The highest BCUT2D eigenvalue weighted by atomic mass is 16.2. The van der Waals surface area contributed by atoms with Gasteiger partial charge >= 0.3 is 0 Å². The van der Waals surface area contributed by atoms with Crippen LogP contribution in [0.15, 0.2) is 24.3 Å². The lowest BCUT2D eigenvalue weighted by molar-refractivity contribution is -0.126. The quantitative estimate of drug-likeness (QED) is 0.772. The maximum atomic E-state index is 12.1. The lowest BCUT2D eigenvalue weighted by Gasteiger charge is -2.23. The first kappa shape index (κ1) is 17.7. The van der Waals surface area contributed by atoms with Crippen molar-refractivity contribution in [1.82, 2.24) is 10.2 Å². The summed E-state index contributed by atoms with van der Waals surface area (Å²) >= 11 is 0. The van der Waals surface area contributed by atoms with Crippen LogP contribution in [0.25, 0.3) is 0 Å². The van der Waals surface area contributed by atoms with Gasteiger partial charge in [-0.3, -0.25) is 9.69 Å². The van der Waals surface area contributed by atoms with Crippen molar-refractivity contribution >= 4 is 5.91 Å². The highest BCUT2D eigenvalue weighted by Gasteiger charge is 2.25. The van der Waals surface area contributed by atoms with Gasteiger partial charge in [0.25, 0.3) is 0 Å². The Bertz CT molecular complexity index is 453. The van der Waals surface area contributed by atoms with Gasteiger partial charge in [0, 0.05) is 13.1 Å². The van der Waals surface area contributed by atoms with Gasteiger partial charge in [0.15, 0.2) is 0 Å². The average molecular weight is 291 g/mol. The molecule has 4 nitrogen and oxygen atoms in total. The van der Waals surface area contributed by atoms with Crippen LogP contribution in [0, 0.1) is 0 Å². The molecule has 118 valence electrons. The largest absolute Gasteiger partial charge is 0.350 e. The van der Waals surface area contributed by atoms with Gasteiger partial charge in [-0.25, -0.2) is 0 Å². The van der Waals surface area contributed by atoms with E-state index >= 15 is 0 Å². The van der Waals surface area contributed by atoms with E-state index in [1.807, 2.05) is 19.1 Å². The Morgan fingerprint density at radius 2 is 1.76 bits per heavy atom. The molecule has 1 aromatic rings. The molecule has 4 heteroatoms. The molecular weight excluding hydrogens is 262 g/mol. The fourth-order valence-electron chi connectivity index (χ4n) is 2.11. The minimum atomic E-state index is -0.798. The first-order chi connectivity index (χ1) is 9.94. The Kier molecular flexibility index (Phi) is 6.85. The van der Waals surface area contributed by atoms with Crippen molar-refractivity contribution in [3.05, 3.63) is 35.4 Å². The number of hydrogen-bond acceptors (Lipinski definition) is 3.